The van der Waals surface area contributed by atoms with Crippen molar-refractivity contribution in [3.05, 3.63) is 145 Å². The number of hydrogen-bond donors (Lipinski definition) is 0. The Morgan fingerprint density at radius 1 is 0.439 bits per heavy atom. The Morgan fingerprint density at radius 2 is 0.976 bits per heavy atom. The summed E-state index contributed by atoms with van der Waals surface area (Å²) in [6.45, 7) is 4.65. The molecule has 0 aliphatic heterocycles. The lowest BCUT2D eigenvalue weighted by Gasteiger charge is -2.23. The largest absolute Gasteiger partial charge is 0.231 e. The van der Waals surface area contributed by atoms with Gasteiger partial charge in [-0.15, -0.1) is 0 Å². The Balaban J connectivity index is 1.51. The minimum absolute atomic E-state index is 0.313. The zero-order valence-corrected chi connectivity index (χ0v) is 23.1. The third-order valence-corrected chi connectivity index (χ3v) is 8.58. The molecule has 2 nitrogen and oxygen atoms in total. The smallest absolute Gasteiger partial charge is 0.160 e. The molecule has 1 aromatic heterocycles. The molecule has 41 heavy (non-hydrogen) atoms. The van der Waals surface area contributed by atoms with Gasteiger partial charge in [-0.2, -0.15) is 0 Å². The summed E-state index contributed by atoms with van der Waals surface area (Å²) in [5, 5.41) is 5.09. The van der Waals surface area contributed by atoms with Gasteiger partial charge in [-0.1, -0.05) is 141 Å². The molecule has 0 saturated heterocycles. The monoisotopic (exact) mass is 524 g/mol. The zero-order valence-electron chi connectivity index (χ0n) is 23.1. The summed E-state index contributed by atoms with van der Waals surface area (Å²) in [5.74, 6) is 0.763. The van der Waals surface area contributed by atoms with E-state index < -0.39 is 0 Å². The van der Waals surface area contributed by atoms with E-state index >= 15 is 0 Å². The highest BCUT2D eigenvalue weighted by Gasteiger charge is 2.42. The average Bonchev–Trinajstić information content (AvgIpc) is 3.28. The molecule has 7 aromatic rings. The van der Waals surface area contributed by atoms with E-state index in [4.69, 9.17) is 9.97 Å². The van der Waals surface area contributed by atoms with Crippen molar-refractivity contribution in [3.63, 3.8) is 0 Å². The first-order valence-electron chi connectivity index (χ1n) is 14.2. The van der Waals surface area contributed by atoms with Gasteiger partial charge in [0.25, 0.3) is 0 Å². The second-order valence-electron chi connectivity index (χ2n) is 11.4. The van der Waals surface area contributed by atoms with Crippen molar-refractivity contribution in [2.75, 3.05) is 0 Å². The third-order valence-electron chi connectivity index (χ3n) is 8.58. The fourth-order valence-corrected chi connectivity index (χ4v) is 6.72. The Morgan fingerprint density at radius 3 is 1.68 bits per heavy atom. The lowest BCUT2D eigenvalue weighted by atomic mass is 9.81. The van der Waals surface area contributed by atoms with Crippen molar-refractivity contribution in [3.8, 4) is 44.9 Å². The molecule has 0 fully saturated rings. The first-order chi connectivity index (χ1) is 20.1. The van der Waals surface area contributed by atoms with Crippen LogP contribution in [-0.4, -0.2) is 9.97 Å². The summed E-state index contributed by atoms with van der Waals surface area (Å²) in [7, 11) is 0. The summed E-state index contributed by atoms with van der Waals surface area (Å²) < 4.78 is 0. The van der Waals surface area contributed by atoms with Crippen LogP contribution in [0.15, 0.2) is 133 Å². The van der Waals surface area contributed by atoms with Crippen LogP contribution in [0.3, 0.4) is 0 Å². The highest BCUT2D eigenvalue weighted by Crippen LogP contribution is 2.56. The van der Waals surface area contributed by atoms with Gasteiger partial charge in [0, 0.05) is 22.1 Å². The zero-order chi connectivity index (χ0) is 27.6. The van der Waals surface area contributed by atoms with E-state index in [9.17, 15) is 0 Å². The predicted molar refractivity (Wildman–Crippen MR) is 171 cm³/mol. The molecule has 0 spiro atoms. The molecule has 1 aliphatic rings. The van der Waals surface area contributed by atoms with Gasteiger partial charge in [0.1, 0.15) is 0 Å². The quantitative estimate of drug-likeness (QED) is 0.215. The van der Waals surface area contributed by atoms with Crippen molar-refractivity contribution in [1.29, 1.82) is 0 Å². The van der Waals surface area contributed by atoms with Crippen LogP contribution in [-0.2, 0) is 5.41 Å². The third kappa shape index (κ3) is 3.57. The number of benzene rings is 6. The average molecular weight is 525 g/mol. The number of aromatic nitrogens is 2. The standard InChI is InChI=1S/C39H28N2/c1-39(2)35-32-23-12-10-21-30(32)29-20-9-11-22-31(29)33(35)34-36(40-38(41-37(34)39)26-16-7-4-8-17-26)28-19-13-18-27(24-28)25-14-5-3-6-15-25/h3-24H,1-2H3. The van der Waals surface area contributed by atoms with E-state index in [0.29, 0.717) is 0 Å². The highest BCUT2D eigenvalue weighted by molar-refractivity contribution is 6.19. The fourth-order valence-electron chi connectivity index (χ4n) is 6.72. The molecule has 0 unspecified atom stereocenters. The maximum Gasteiger partial charge on any atom is 0.160 e. The van der Waals surface area contributed by atoms with Crippen molar-refractivity contribution in [2.24, 2.45) is 0 Å². The van der Waals surface area contributed by atoms with Crippen LogP contribution in [0.5, 0.6) is 0 Å². The SMILES string of the molecule is CC1(C)c2nc(-c3ccccc3)nc(-c3cccc(-c4ccccc4)c3)c2-c2c1c1ccccc1c1ccccc21. The van der Waals surface area contributed by atoms with Gasteiger partial charge in [-0.3, -0.25) is 0 Å². The second kappa shape index (κ2) is 8.97. The van der Waals surface area contributed by atoms with Crippen LogP contribution < -0.4 is 0 Å². The Kier molecular flexibility index (Phi) is 5.20. The molecule has 1 aliphatic carbocycles. The summed E-state index contributed by atoms with van der Waals surface area (Å²) in [6.07, 6.45) is 0. The maximum absolute atomic E-state index is 5.36. The minimum Gasteiger partial charge on any atom is -0.231 e. The fraction of sp³-hybridized carbons (Fsp3) is 0.0769. The number of hydrogen-bond acceptors (Lipinski definition) is 2. The van der Waals surface area contributed by atoms with E-state index in [2.05, 4.69) is 141 Å². The van der Waals surface area contributed by atoms with Crippen LogP contribution in [0.4, 0.5) is 0 Å². The van der Waals surface area contributed by atoms with Gasteiger partial charge in [0.15, 0.2) is 5.82 Å². The molecule has 0 atom stereocenters. The topological polar surface area (TPSA) is 25.8 Å². The molecule has 0 radical (unpaired) electrons. The maximum atomic E-state index is 5.36. The first-order valence-corrected chi connectivity index (χ1v) is 14.2. The highest BCUT2D eigenvalue weighted by atomic mass is 14.9. The second-order valence-corrected chi connectivity index (χ2v) is 11.4. The van der Waals surface area contributed by atoms with E-state index in [1.165, 1.54) is 43.8 Å². The van der Waals surface area contributed by atoms with Gasteiger partial charge in [-0.25, -0.2) is 9.97 Å². The predicted octanol–water partition coefficient (Wildman–Crippen LogP) is 10.1. The van der Waals surface area contributed by atoms with Crippen molar-refractivity contribution in [2.45, 2.75) is 19.3 Å². The van der Waals surface area contributed by atoms with Crippen LogP contribution in [0.25, 0.3) is 66.4 Å². The Labute approximate surface area is 240 Å². The Hall–Kier alpha value is -5.08. The van der Waals surface area contributed by atoms with Crippen LogP contribution in [0, 0.1) is 0 Å². The molecule has 0 amide bonds. The van der Waals surface area contributed by atoms with Crippen LogP contribution >= 0.6 is 0 Å². The molecule has 0 saturated carbocycles. The lowest BCUT2D eigenvalue weighted by Crippen LogP contribution is -2.18. The van der Waals surface area contributed by atoms with E-state index in [-0.39, 0.29) is 5.41 Å². The molecule has 0 bridgehead atoms. The molecule has 1 heterocycles. The number of rotatable bonds is 3. The molecule has 8 rings (SSSR count). The van der Waals surface area contributed by atoms with Crippen molar-refractivity contribution < 1.29 is 0 Å². The number of nitrogens with zero attached hydrogens (tertiary/aromatic N) is 2. The van der Waals surface area contributed by atoms with Gasteiger partial charge in [0.2, 0.25) is 0 Å². The summed E-state index contributed by atoms with van der Waals surface area (Å²) in [5.41, 5.74) is 10.0. The van der Waals surface area contributed by atoms with Gasteiger partial charge in [-0.05, 0) is 49.9 Å². The molecule has 194 valence electrons. The van der Waals surface area contributed by atoms with E-state index in [1.54, 1.807) is 0 Å². The van der Waals surface area contributed by atoms with Crippen LogP contribution in [0.1, 0.15) is 25.1 Å². The molecular weight excluding hydrogens is 496 g/mol. The normalized spacial score (nSPS) is 13.3. The molecular formula is C39H28N2. The van der Waals surface area contributed by atoms with Crippen molar-refractivity contribution >= 4 is 21.5 Å². The minimum atomic E-state index is -0.313. The lowest BCUT2D eigenvalue weighted by molar-refractivity contribution is 0.641. The van der Waals surface area contributed by atoms with E-state index in [1.807, 2.05) is 6.07 Å². The number of fused-ring (bicyclic) bond motifs is 8. The summed E-state index contributed by atoms with van der Waals surface area (Å²) >= 11 is 0. The van der Waals surface area contributed by atoms with Crippen molar-refractivity contribution in [1.82, 2.24) is 9.97 Å². The summed E-state index contributed by atoms with van der Waals surface area (Å²) in [4.78, 5) is 10.7. The molecule has 6 aromatic carbocycles. The van der Waals surface area contributed by atoms with Crippen LogP contribution in [0.2, 0.25) is 0 Å². The van der Waals surface area contributed by atoms with E-state index in [0.717, 1.165) is 33.9 Å². The first kappa shape index (κ1) is 23.8. The summed E-state index contributed by atoms with van der Waals surface area (Å²) in [6, 6.07) is 47.4. The van der Waals surface area contributed by atoms with Gasteiger partial charge < -0.3 is 0 Å². The Bertz CT molecular complexity index is 2110. The van der Waals surface area contributed by atoms with Gasteiger partial charge >= 0.3 is 0 Å². The molecule has 2 heteroatoms. The molecule has 0 N–H and O–H groups in total. The van der Waals surface area contributed by atoms with Gasteiger partial charge in [0.05, 0.1) is 11.4 Å².